The summed E-state index contributed by atoms with van der Waals surface area (Å²) in [7, 11) is 0. The van der Waals surface area contributed by atoms with Crippen LogP contribution in [0.5, 0.6) is 0 Å². The van der Waals surface area contributed by atoms with Crippen LogP contribution in [0, 0.1) is 5.92 Å². The van der Waals surface area contributed by atoms with E-state index in [-0.39, 0.29) is 6.03 Å². The van der Waals surface area contributed by atoms with E-state index in [1.807, 2.05) is 0 Å². The first kappa shape index (κ1) is 14.2. The number of unbranched alkanes of at least 4 members (excludes halogenated alkanes) is 1. The molecule has 5 nitrogen and oxygen atoms in total. The fourth-order valence-corrected chi connectivity index (χ4v) is 2.32. The summed E-state index contributed by atoms with van der Waals surface area (Å²) in [4.78, 5) is 24.0. The molecule has 1 fully saturated rings. The molecule has 6 heteroatoms. The minimum atomic E-state index is -0.805. The molecule has 1 saturated heterocycles. The Bertz CT molecular complexity index is 273. The molecule has 17 heavy (non-hydrogen) atoms. The Kier molecular flexibility index (Phi) is 6.18. The number of amides is 2. The van der Waals surface area contributed by atoms with E-state index in [0.29, 0.717) is 26.1 Å². The average molecular weight is 260 g/mol. The molecule has 1 heterocycles. The third-order valence-corrected chi connectivity index (χ3v) is 3.57. The standard InChI is InChI=1S/C11H20N2O3S/c1-17-7-3-2-5-12-11(16)13-6-4-9(8-13)10(14)15/h9H,2-8H2,1H3,(H,12,16)(H,14,15). The Balaban J connectivity index is 2.14. The van der Waals surface area contributed by atoms with Crippen molar-refractivity contribution in [3.63, 3.8) is 0 Å². The maximum atomic E-state index is 11.7. The molecule has 0 aliphatic carbocycles. The number of hydrogen-bond acceptors (Lipinski definition) is 3. The predicted molar refractivity (Wildman–Crippen MR) is 68.3 cm³/mol. The van der Waals surface area contributed by atoms with Crippen molar-refractivity contribution in [2.45, 2.75) is 19.3 Å². The second-order valence-corrected chi connectivity index (χ2v) is 5.19. The number of nitrogens with zero attached hydrogens (tertiary/aromatic N) is 1. The van der Waals surface area contributed by atoms with Gasteiger partial charge in [-0.2, -0.15) is 11.8 Å². The average Bonchev–Trinajstić information content (AvgIpc) is 2.78. The van der Waals surface area contributed by atoms with Crippen LogP contribution in [-0.2, 0) is 4.79 Å². The lowest BCUT2D eigenvalue weighted by Crippen LogP contribution is -2.39. The highest BCUT2D eigenvalue weighted by Gasteiger charge is 2.30. The predicted octanol–water partition coefficient (Wildman–Crippen LogP) is 1.25. The topological polar surface area (TPSA) is 69.6 Å². The van der Waals surface area contributed by atoms with Crippen LogP contribution in [0.1, 0.15) is 19.3 Å². The summed E-state index contributed by atoms with van der Waals surface area (Å²) < 4.78 is 0. The highest BCUT2D eigenvalue weighted by atomic mass is 32.2. The zero-order valence-electron chi connectivity index (χ0n) is 10.1. The number of rotatable bonds is 6. The smallest absolute Gasteiger partial charge is 0.317 e. The highest BCUT2D eigenvalue weighted by molar-refractivity contribution is 7.98. The molecule has 1 atom stereocenters. The zero-order valence-corrected chi connectivity index (χ0v) is 11.0. The van der Waals surface area contributed by atoms with Crippen LogP contribution in [0.3, 0.4) is 0 Å². The Morgan fingerprint density at radius 2 is 2.24 bits per heavy atom. The molecule has 0 aromatic rings. The number of likely N-dealkylation sites (tertiary alicyclic amines) is 1. The van der Waals surface area contributed by atoms with Gasteiger partial charge in [0, 0.05) is 19.6 Å². The van der Waals surface area contributed by atoms with E-state index in [9.17, 15) is 9.59 Å². The Morgan fingerprint density at radius 1 is 1.47 bits per heavy atom. The van der Waals surface area contributed by atoms with E-state index >= 15 is 0 Å². The summed E-state index contributed by atoms with van der Waals surface area (Å²) in [5.41, 5.74) is 0. The van der Waals surface area contributed by atoms with Gasteiger partial charge in [-0.3, -0.25) is 4.79 Å². The molecule has 1 aliphatic heterocycles. The summed E-state index contributed by atoms with van der Waals surface area (Å²) in [6.07, 6.45) is 4.70. The van der Waals surface area contributed by atoms with Gasteiger partial charge in [0.2, 0.25) is 0 Å². The molecular formula is C11H20N2O3S. The second-order valence-electron chi connectivity index (χ2n) is 4.20. The third kappa shape index (κ3) is 4.85. The number of carboxylic acid groups (broad SMARTS) is 1. The maximum absolute atomic E-state index is 11.7. The van der Waals surface area contributed by atoms with Crippen LogP contribution in [0.4, 0.5) is 4.79 Å². The van der Waals surface area contributed by atoms with Crippen molar-refractivity contribution in [3.8, 4) is 0 Å². The van der Waals surface area contributed by atoms with E-state index in [1.165, 1.54) is 0 Å². The van der Waals surface area contributed by atoms with Crippen LogP contribution in [0.15, 0.2) is 0 Å². The van der Waals surface area contributed by atoms with E-state index in [0.717, 1.165) is 18.6 Å². The number of carboxylic acids is 1. The lowest BCUT2D eigenvalue weighted by atomic mass is 10.1. The van der Waals surface area contributed by atoms with Gasteiger partial charge in [-0.1, -0.05) is 0 Å². The molecule has 2 N–H and O–H groups in total. The molecule has 1 unspecified atom stereocenters. The Morgan fingerprint density at radius 3 is 2.82 bits per heavy atom. The van der Waals surface area contributed by atoms with Crippen molar-refractivity contribution in [2.24, 2.45) is 5.92 Å². The van der Waals surface area contributed by atoms with Gasteiger partial charge in [-0.05, 0) is 31.3 Å². The highest BCUT2D eigenvalue weighted by Crippen LogP contribution is 2.15. The fourth-order valence-electron chi connectivity index (χ4n) is 1.82. The molecule has 2 amide bonds. The van der Waals surface area contributed by atoms with E-state index < -0.39 is 11.9 Å². The molecule has 98 valence electrons. The number of hydrogen-bond donors (Lipinski definition) is 2. The number of carbonyl (C=O) groups excluding carboxylic acids is 1. The first-order valence-corrected chi connectivity index (χ1v) is 7.29. The van der Waals surface area contributed by atoms with E-state index in [1.54, 1.807) is 16.7 Å². The number of carbonyl (C=O) groups is 2. The van der Waals surface area contributed by atoms with Crippen molar-refractivity contribution in [1.82, 2.24) is 10.2 Å². The van der Waals surface area contributed by atoms with Crippen molar-refractivity contribution >= 4 is 23.8 Å². The van der Waals surface area contributed by atoms with Crippen molar-refractivity contribution in [2.75, 3.05) is 31.6 Å². The molecule has 0 saturated carbocycles. The van der Waals surface area contributed by atoms with Gasteiger partial charge in [0.25, 0.3) is 0 Å². The maximum Gasteiger partial charge on any atom is 0.317 e. The van der Waals surface area contributed by atoms with Crippen LogP contribution in [0.25, 0.3) is 0 Å². The van der Waals surface area contributed by atoms with E-state index in [2.05, 4.69) is 11.6 Å². The summed E-state index contributed by atoms with van der Waals surface area (Å²) >= 11 is 1.80. The third-order valence-electron chi connectivity index (χ3n) is 2.88. The summed E-state index contributed by atoms with van der Waals surface area (Å²) in [5, 5.41) is 11.7. The Hall–Kier alpha value is -0.910. The molecule has 0 aromatic carbocycles. The fraction of sp³-hybridized carbons (Fsp3) is 0.818. The van der Waals surface area contributed by atoms with Crippen molar-refractivity contribution in [1.29, 1.82) is 0 Å². The Labute approximate surface area is 106 Å². The molecular weight excluding hydrogens is 240 g/mol. The monoisotopic (exact) mass is 260 g/mol. The minimum absolute atomic E-state index is 0.127. The molecule has 0 spiro atoms. The van der Waals surface area contributed by atoms with Gasteiger partial charge in [0.1, 0.15) is 0 Å². The van der Waals surface area contributed by atoms with Gasteiger partial charge >= 0.3 is 12.0 Å². The van der Waals surface area contributed by atoms with Crippen LogP contribution in [-0.4, -0.2) is 53.6 Å². The van der Waals surface area contributed by atoms with Gasteiger partial charge in [0.15, 0.2) is 0 Å². The largest absolute Gasteiger partial charge is 0.481 e. The SMILES string of the molecule is CSCCCCNC(=O)N1CCC(C(=O)O)C1. The van der Waals surface area contributed by atoms with Gasteiger partial charge in [-0.25, -0.2) is 4.79 Å². The zero-order chi connectivity index (χ0) is 12.7. The molecule has 1 rings (SSSR count). The number of thioether (sulfide) groups is 1. The molecule has 0 aromatic heterocycles. The van der Waals surface area contributed by atoms with Crippen LogP contribution in [0.2, 0.25) is 0 Å². The quantitative estimate of drug-likeness (QED) is 0.705. The number of aliphatic carboxylic acids is 1. The normalized spacial score (nSPS) is 19.4. The summed E-state index contributed by atoms with van der Waals surface area (Å²) in [6.45, 7) is 1.56. The molecule has 0 radical (unpaired) electrons. The second kappa shape index (κ2) is 7.42. The van der Waals surface area contributed by atoms with Crippen molar-refractivity contribution < 1.29 is 14.7 Å². The lowest BCUT2D eigenvalue weighted by Gasteiger charge is -2.16. The van der Waals surface area contributed by atoms with E-state index in [4.69, 9.17) is 5.11 Å². The molecule has 1 aliphatic rings. The van der Waals surface area contributed by atoms with Gasteiger partial charge < -0.3 is 15.3 Å². The van der Waals surface area contributed by atoms with Crippen LogP contribution < -0.4 is 5.32 Å². The van der Waals surface area contributed by atoms with Crippen molar-refractivity contribution in [3.05, 3.63) is 0 Å². The number of urea groups is 1. The summed E-state index contributed by atoms with van der Waals surface area (Å²) in [6, 6.07) is -0.127. The van der Waals surface area contributed by atoms with Gasteiger partial charge in [-0.15, -0.1) is 0 Å². The first-order valence-electron chi connectivity index (χ1n) is 5.89. The molecule has 0 bridgehead atoms. The number of nitrogens with one attached hydrogen (secondary N) is 1. The van der Waals surface area contributed by atoms with Crippen LogP contribution >= 0.6 is 11.8 Å². The lowest BCUT2D eigenvalue weighted by molar-refractivity contribution is -0.141. The minimum Gasteiger partial charge on any atom is -0.481 e. The summed E-state index contributed by atoms with van der Waals surface area (Å²) in [5.74, 6) is -0.0850. The first-order chi connectivity index (χ1) is 8.15. The van der Waals surface area contributed by atoms with Gasteiger partial charge in [0.05, 0.1) is 5.92 Å².